The first-order valence-corrected chi connectivity index (χ1v) is 9.90. The first-order valence-electron chi connectivity index (χ1n) is 9.90. The minimum atomic E-state index is -0.717. The molecule has 2 amide bonds. The first-order chi connectivity index (χ1) is 14.5. The minimum absolute atomic E-state index is 0.161. The van der Waals surface area contributed by atoms with Gasteiger partial charge in [-0.3, -0.25) is 14.5 Å². The highest BCUT2D eigenvalue weighted by atomic mass is 16.5. The van der Waals surface area contributed by atoms with Crippen LogP contribution in [0.1, 0.15) is 38.7 Å². The third-order valence-corrected chi connectivity index (χ3v) is 5.63. The SMILES string of the molecule is COc1ccccc1CNC(=O)C1c2ccccc2C(=O)N1c1ccc(C)c(C)c1. The number of carbonyl (C=O) groups excluding carboxylic acids is 2. The van der Waals surface area contributed by atoms with Gasteiger partial charge in [-0.1, -0.05) is 42.5 Å². The molecule has 0 saturated heterocycles. The van der Waals surface area contributed by atoms with Crippen LogP contribution >= 0.6 is 0 Å². The number of para-hydroxylation sites is 1. The summed E-state index contributed by atoms with van der Waals surface area (Å²) in [4.78, 5) is 28.1. The molecule has 3 aromatic carbocycles. The van der Waals surface area contributed by atoms with Crippen LogP contribution in [0.25, 0.3) is 0 Å². The van der Waals surface area contributed by atoms with E-state index in [4.69, 9.17) is 4.74 Å². The van der Waals surface area contributed by atoms with Crippen LogP contribution in [-0.4, -0.2) is 18.9 Å². The monoisotopic (exact) mass is 400 g/mol. The molecular weight excluding hydrogens is 376 g/mol. The van der Waals surface area contributed by atoms with Crippen molar-refractivity contribution >= 4 is 17.5 Å². The normalized spacial score (nSPS) is 15.1. The molecule has 0 spiro atoms. The van der Waals surface area contributed by atoms with E-state index in [1.807, 2.05) is 74.5 Å². The summed E-state index contributed by atoms with van der Waals surface area (Å²) >= 11 is 0. The zero-order chi connectivity index (χ0) is 21.3. The van der Waals surface area contributed by atoms with Crippen LogP contribution < -0.4 is 15.0 Å². The van der Waals surface area contributed by atoms with Crippen molar-refractivity contribution in [2.75, 3.05) is 12.0 Å². The number of fused-ring (bicyclic) bond motifs is 1. The van der Waals surface area contributed by atoms with Crippen LogP contribution in [0.2, 0.25) is 0 Å². The molecule has 1 heterocycles. The number of nitrogens with one attached hydrogen (secondary N) is 1. The smallest absolute Gasteiger partial charge is 0.259 e. The Bertz CT molecular complexity index is 1120. The second-order valence-electron chi connectivity index (χ2n) is 7.46. The molecule has 0 radical (unpaired) electrons. The predicted molar refractivity (Wildman–Crippen MR) is 117 cm³/mol. The van der Waals surface area contributed by atoms with Crippen molar-refractivity contribution < 1.29 is 14.3 Å². The Labute approximate surface area is 176 Å². The van der Waals surface area contributed by atoms with Crippen molar-refractivity contribution in [2.24, 2.45) is 0 Å². The molecule has 0 aliphatic carbocycles. The highest BCUT2D eigenvalue weighted by molar-refractivity contribution is 6.15. The zero-order valence-electron chi connectivity index (χ0n) is 17.3. The molecule has 5 heteroatoms. The number of nitrogens with zero attached hydrogens (tertiary/aromatic N) is 1. The summed E-state index contributed by atoms with van der Waals surface area (Å²) < 4.78 is 5.38. The van der Waals surface area contributed by atoms with E-state index >= 15 is 0 Å². The molecule has 1 atom stereocenters. The standard InChI is InChI=1S/C25H24N2O3/c1-16-12-13-19(14-17(16)2)27-23(20-9-5-6-10-21(20)25(27)29)24(28)26-15-18-8-4-7-11-22(18)30-3/h4-14,23H,15H2,1-3H3,(H,26,28). The molecule has 0 aromatic heterocycles. The number of ether oxygens (including phenoxy) is 1. The number of amides is 2. The number of hydrogen-bond acceptors (Lipinski definition) is 3. The third-order valence-electron chi connectivity index (χ3n) is 5.63. The summed E-state index contributed by atoms with van der Waals surface area (Å²) in [6.45, 7) is 4.34. The molecule has 152 valence electrons. The van der Waals surface area contributed by atoms with E-state index in [0.717, 1.165) is 27.9 Å². The summed E-state index contributed by atoms with van der Waals surface area (Å²) in [5.41, 5.74) is 5.09. The molecule has 1 unspecified atom stereocenters. The molecule has 1 aliphatic heterocycles. The number of hydrogen-bond donors (Lipinski definition) is 1. The van der Waals surface area contributed by atoms with Gasteiger partial charge in [-0.25, -0.2) is 0 Å². The molecule has 3 aromatic rings. The Hall–Kier alpha value is -3.60. The highest BCUT2D eigenvalue weighted by Crippen LogP contribution is 2.38. The maximum atomic E-state index is 13.3. The van der Waals surface area contributed by atoms with Gasteiger partial charge in [0.25, 0.3) is 5.91 Å². The van der Waals surface area contributed by atoms with Crippen LogP contribution in [-0.2, 0) is 11.3 Å². The number of anilines is 1. The van der Waals surface area contributed by atoms with Gasteiger partial charge in [-0.2, -0.15) is 0 Å². The van der Waals surface area contributed by atoms with E-state index in [9.17, 15) is 9.59 Å². The lowest BCUT2D eigenvalue weighted by Gasteiger charge is -2.25. The molecule has 5 nitrogen and oxygen atoms in total. The molecule has 0 saturated carbocycles. The second kappa shape index (κ2) is 8.03. The Morgan fingerprint density at radius 1 is 1.00 bits per heavy atom. The molecule has 4 rings (SSSR count). The summed E-state index contributed by atoms with van der Waals surface area (Å²) in [7, 11) is 1.61. The molecule has 0 bridgehead atoms. The van der Waals surface area contributed by atoms with Gasteiger partial charge >= 0.3 is 0 Å². The fraction of sp³-hybridized carbons (Fsp3) is 0.200. The van der Waals surface area contributed by atoms with Crippen LogP contribution in [0.4, 0.5) is 5.69 Å². The maximum absolute atomic E-state index is 13.3. The lowest BCUT2D eigenvalue weighted by molar-refractivity contribution is -0.122. The quantitative estimate of drug-likeness (QED) is 0.694. The van der Waals surface area contributed by atoms with Gasteiger partial charge in [-0.05, 0) is 54.8 Å². The predicted octanol–water partition coefficient (Wildman–Crippen LogP) is 4.33. The lowest BCUT2D eigenvalue weighted by Crippen LogP contribution is -2.39. The van der Waals surface area contributed by atoms with Crippen molar-refractivity contribution in [3.05, 3.63) is 94.5 Å². The lowest BCUT2D eigenvalue weighted by atomic mass is 10.0. The van der Waals surface area contributed by atoms with Crippen molar-refractivity contribution in [3.8, 4) is 5.75 Å². The number of carbonyl (C=O) groups is 2. The Morgan fingerprint density at radius 3 is 2.50 bits per heavy atom. The van der Waals surface area contributed by atoms with E-state index in [1.165, 1.54) is 0 Å². The summed E-state index contributed by atoms with van der Waals surface area (Å²) in [6, 6.07) is 20.0. The summed E-state index contributed by atoms with van der Waals surface area (Å²) in [6.07, 6.45) is 0. The number of methoxy groups -OCH3 is 1. The van der Waals surface area contributed by atoms with Crippen LogP contribution in [0.5, 0.6) is 5.75 Å². The molecular formula is C25H24N2O3. The Kier molecular flexibility index (Phi) is 5.27. The van der Waals surface area contributed by atoms with Crippen molar-refractivity contribution in [2.45, 2.75) is 26.4 Å². The Morgan fingerprint density at radius 2 is 1.73 bits per heavy atom. The van der Waals surface area contributed by atoms with Crippen molar-refractivity contribution in [1.29, 1.82) is 0 Å². The van der Waals surface area contributed by atoms with Crippen LogP contribution in [0.15, 0.2) is 66.7 Å². The van der Waals surface area contributed by atoms with Crippen LogP contribution in [0.3, 0.4) is 0 Å². The fourth-order valence-electron chi connectivity index (χ4n) is 3.84. The molecule has 30 heavy (non-hydrogen) atoms. The number of aryl methyl sites for hydroxylation is 2. The van der Waals surface area contributed by atoms with Gasteiger partial charge in [0.15, 0.2) is 0 Å². The fourth-order valence-corrected chi connectivity index (χ4v) is 3.84. The molecule has 1 N–H and O–H groups in total. The van der Waals surface area contributed by atoms with Crippen molar-refractivity contribution in [1.82, 2.24) is 5.32 Å². The van der Waals surface area contributed by atoms with Gasteiger partial charge in [0.05, 0.1) is 7.11 Å². The third kappa shape index (κ3) is 3.43. The van der Waals surface area contributed by atoms with E-state index < -0.39 is 6.04 Å². The highest BCUT2D eigenvalue weighted by Gasteiger charge is 2.41. The molecule has 1 aliphatic rings. The largest absolute Gasteiger partial charge is 0.496 e. The van der Waals surface area contributed by atoms with E-state index in [1.54, 1.807) is 18.1 Å². The molecule has 0 fully saturated rings. The van der Waals surface area contributed by atoms with Gasteiger partial charge in [0.1, 0.15) is 11.8 Å². The van der Waals surface area contributed by atoms with Crippen LogP contribution in [0, 0.1) is 13.8 Å². The average Bonchev–Trinajstić information content (AvgIpc) is 3.07. The topological polar surface area (TPSA) is 58.6 Å². The zero-order valence-corrected chi connectivity index (χ0v) is 17.3. The van der Waals surface area contributed by atoms with Gasteiger partial charge in [0, 0.05) is 23.4 Å². The van der Waals surface area contributed by atoms with Gasteiger partial charge < -0.3 is 10.1 Å². The van der Waals surface area contributed by atoms with Gasteiger partial charge in [0.2, 0.25) is 5.91 Å². The summed E-state index contributed by atoms with van der Waals surface area (Å²) in [5, 5.41) is 2.99. The second-order valence-corrected chi connectivity index (χ2v) is 7.46. The first kappa shape index (κ1) is 19.7. The number of benzene rings is 3. The van der Waals surface area contributed by atoms with E-state index in [2.05, 4.69) is 5.32 Å². The average molecular weight is 400 g/mol. The Balaban J connectivity index is 1.67. The number of rotatable bonds is 5. The van der Waals surface area contributed by atoms with Gasteiger partial charge in [-0.15, -0.1) is 0 Å². The minimum Gasteiger partial charge on any atom is -0.496 e. The summed E-state index contributed by atoms with van der Waals surface area (Å²) in [5.74, 6) is 0.329. The van der Waals surface area contributed by atoms with E-state index in [0.29, 0.717) is 17.9 Å². The van der Waals surface area contributed by atoms with Crippen molar-refractivity contribution in [3.63, 3.8) is 0 Å². The van der Waals surface area contributed by atoms with E-state index in [-0.39, 0.29) is 11.8 Å². The maximum Gasteiger partial charge on any atom is 0.259 e.